The second-order valence-corrected chi connectivity index (χ2v) is 12.6. The van der Waals surface area contributed by atoms with Crippen LogP contribution in [0, 0.1) is 46.0 Å². The first-order valence-electron chi connectivity index (χ1n) is 13.9. The summed E-state index contributed by atoms with van der Waals surface area (Å²) in [6.07, 6.45) is 3.35. The van der Waals surface area contributed by atoms with E-state index in [1.807, 2.05) is 13.8 Å². The molecule has 0 spiro atoms. The topological polar surface area (TPSA) is 52.6 Å². The number of carbonyl (C=O) groups is 2. The van der Waals surface area contributed by atoms with Crippen molar-refractivity contribution in [2.24, 2.45) is 11.3 Å². The molecular formula is C35H42O4. The molecule has 0 saturated heterocycles. The molecule has 0 heterocycles. The van der Waals surface area contributed by atoms with E-state index in [4.69, 9.17) is 9.47 Å². The zero-order valence-electron chi connectivity index (χ0n) is 25.0. The molecule has 0 bridgehead atoms. The van der Waals surface area contributed by atoms with Gasteiger partial charge in [-0.1, -0.05) is 51.1 Å². The number of carbonyl (C=O) groups excluding carboxylic acids is 2. The summed E-state index contributed by atoms with van der Waals surface area (Å²) in [6, 6.07) is 15.7. The Morgan fingerprint density at radius 2 is 1.28 bits per heavy atom. The van der Waals surface area contributed by atoms with Crippen LogP contribution in [0.25, 0.3) is 0 Å². The van der Waals surface area contributed by atoms with Gasteiger partial charge in [-0.2, -0.15) is 0 Å². The van der Waals surface area contributed by atoms with Gasteiger partial charge in [-0.15, -0.1) is 0 Å². The monoisotopic (exact) mass is 526 g/mol. The average molecular weight is 527 g/mol. The SMILES string of the molecule is COC(=O)c1cccc(C(=O)Oc2c(C)cc(C3(c4cc(C)c(C)c(C)c4)CC(C)CC(C)(C)C3)cc2C)c1. The van der Waals surface area contributed by atoms with Gasteiger partial charge in [0.1, 0.15) is 5.75 Å². The third-order valence-corrected chi connectivity index (χ3v) is 8.58. The maximum absolute atomic E-state index is 13.1. The fourth-order valence-electron chi connectivity index (χ4n) is 6.92. The molecule has 1 fully saturated rings. The fraction of sp³-hybridized carbons (Fsp3) is 0.429. The molecule has 2 atom stereocenters. The van der Waals surface area contributed by atoms with Crippen LogP contribution in [-0.2, 0) is 10.2 Å². The van der Waals surface area contributed by atoms with E-state index in [1.54, 1.807) is 18.2 Å². The molecule has 1 aliphatic rings. The summed E-state index contributed by atoms with van der Waals surface area (Å²) >= 11 is 0. The molecule has 0 N–H and O–H groups in total. The summed E-state index contributed by atoms with van der Waals surface area (Å²) in [6.45, 7) is 17.8. The Hall–Kier alpha value is -3.40. The minimum absolute atomic E-state index is 0.128. The van der Waals surface area contributed by atoms with Gasteiger partial charge >= 0.3 is 11.9 Å². The van der Waals surface area contributed by atoms with Gasteiger partial charge in [0.25, 0.3) is 0 Å². The van der Waals surface area contributed by atoms with Crippen molar-refractivity contribution in [1.82, 2.24) is 0 Å². The number of hydrogen-bond acceptors (Lipinski definition) is 4. The van der Waals surface area contributed by atoms with E-state index in [1.165, 1.54) is 47.4 Å². The Bertz CT molecular complexity index is 1380. The number of aryl methyl sites for hydroxylation is 4. The van der Waals surface area contributed by atoms with E-state index < -0.39 is 11.9 Å². The molecule has 4 rings (SSSR count). The van der Waals surface area contributed by atoms with Crippen molar-refractivity contribution in [3.8, 4) is 5.75 Å². The van der Waals surface area contributed by atoms with E-state index in [-0.39, 0.29) is 10.8 Å². The Balaban J connectivity index is 1.78. The van der Waals surface area contributed by atoms with Crippen molar-refractivity contribution >= 4 is 11.9 Å². The fourth-order valence-corrected chi connectivity index (χ4v) is 6.92. The zero-order valence-corrected chi connectivity index (χ0v) is 25.0. The van der Waals surface area contributed by atoms with Gasteiger partial charge in [-0.05, 0) is 122 Å². The van der Waals surface area contributed by atoms with Gasteiger partial charge in [-0.3, -0.25) is 0 Å². The van der Waals surface area contributed by atoms with E-state index >= 15 is 0 Å². The summed E-state index contributed by atoms with van der Waals surface area (Å²) in [5, 5.41) is 0. The molecule has 0 amide bonds. The van der Waals surface area contributed by atoms with E-state index in [0.29, 0.717) is 22.8 Å². The highest BCUT2D eigenvalue weighted by Gasteiger charge is 2.45. The van der Waals surface area contributed by atoms with Crippen LogP contribution < -0.4 is 4.74 Å². The predicted octanol–water partition coefficient (Wildman–Crippen LogP) is 8.37. The van der Waals surface area contributed by atoms with Gasteiger partial charge in [0, 0.05) is 5.41 Å². The van der Waals surface area contributed by atoms with Crippen LogP contribution in [0.2, 0.25) is 0 Å². The quantitative estimate of drug-likeness (QED) is 0.248. The summed E-state index contributed by atoms with van der Waals surface area (Å²) in [7, 11) is 1.32. The molecule has 4 heteroatoms. The third-order valence-electron chi connectivity index (χ3n) is 8.58. The predicted molar refractivity (Wildman–Crippen MR) is 157 cm³/mol. The van der Waals surface area contributed by atoms with E-state index in [0.717, 1.165) is 24.0 Å². The maximum atomic E-state index is 13.1. The van der Waals surface area contributed by atoms with Crippen LogP contribution in [0.5, 0.6) is 5.75 Å². The van der Waals surface area contributed by atoms with Gasteiger partial charge in [0.2, 0.25) is 0 Å². The first-order valence-corrected chi connectivity index (χ1v) is 13.9. The largest absolute Gasteiger partial charge is 0.465 e. The third kappa shape index (κ3) is 5.66. The Morgan fingerprint density at radius 3 is 1.79 bits per heavy atom. The van der Waals surface area contributed by atoms with Crippen LogP contribution in [0.4, 0.5) is 0 Å². The molecule has 4 nitrogen and oxygen atoms in total. The van der Waals surface area contributed by atoms with Crippen LogP contribution >= 0.6 is 0 Å². The van der Waals surface area contributed by atoms with Crippen molar-refractivity contribution in [3.63, 3.8) is 0 Å². The summed E-state index contributed by atoms with van der Waals surface area (Å²) in [4.78, 5) is 25.1. The average Bonchev–Trinajstić information content (AvgIpc) is 2.87. The first-order chi connectivity index (χ1) is 18.3. The Kier molecular flexibility index (Phi) is 7.80. The number of rotatable bonds is 5. The second-order valence-electron chi connectivity index (χ2n) is 12.6. The summed E-state index contributed by atoms with van der Waals surface area (Å²) in [5.41, 5.74) is 9.22. The number of methoxy groups -OCH3 is 1. The Morgan fingerprint density at radius 1 is 0.769 bits per heavy atom. The van der Waals surface area contributed by atoms with E-state index in [9.17, 15) is 9.59 Å². The molecule has 3 aromatic carbocycles. The molecule has 1 aliphatic carbocycles. The van der Waals surface area contributed by atoms with E-state index in [2.05, 4.69) is 65.8 Å². The number of hydrogen-bond donors (Lipinski definition) is 0. The van der Waals surface area contributed by atoms with Crippen molar-refractivity contribution in [2.45, 2.75) is 80.1 Å². The second kappa shape index (κ2) is 10.6. The summed E-state index contributed by atoms with van der Waals surface area (Å²) in [5.74, 6) is 0.169. The van der Waals surface area contributed by atoms with Crippen LogP contribution in [0.15, 0.2) is 48.5 Å². The lowest BCUT2D eigenvalue weighted by atomic mass is 9.55. The summed E-state index contributed by atoms with van der Waals surface area (Å²) < 4.78 is 10.7. The highest BCUT2D eigenvalue weighted by molar-refractivity contribution is 5.96. The molecule has 206 valence electrons. The lowest BCUT2D eigenvalue weighted by Crippen LogP contribution is -2.41. The van der Waals surface area contributed by atoms with Crippen LogP contribution in [-0.4, -0.2) is 19.0 Å². The minimum atomic E-state index is -0.494. The zero-order chi connectivity index (χ0) is 28.7. The molecule has 0 aromatic heterocycles. The number of benzene rings is 3. The van der Waals surface area contributed by atoms with Gasteiger partial charge < -0.3 is 9.47 Å². The Labute approximate surface area is 233 Å². The van der Waals surface area contributed by atoms with Crippen LogP contribution in [0.3, 0.4) is 0 Å². The molecule has 1 saturated carbocycles. The van der Waals surface area contributed by atoms with Crippen molar-refractivity contribution in [3.05, 3.63) is 98.6 Å². The maximum Gasteiger partial charge on any atom is 0.343 e. The van der Waals surface area contributed by atoms with Gasteiger partial charge in [0.15, 0.2) is 0 Å². The van der Waals surface area contributed by atoms with Gasteiger partial charge in [0.05, 0.1) is 18.2 Å². The lowest BCUT2D eigenvalue weighted by molar-refractivity contribution is 0.0600. The normalized spacial score (nSPS) is 20.4. The minimum Gasteiger partial charge on any atom is -0.465 e. The molecule has 0 radical (unpaired) electrons. The highest BCUT2D eigenvalue weighted by Crippen LogP contribution is 2.54. The van der Waals surface area contributed by atoms with Crippen molar-refractivity contribution in [1.29, 1.82) is 0 Å². The van der Waals surface area contributed by atoms with Crippen molar-refractivity contribution in [2.75, 3.05) is 7.11 Å². The molecule has 0 aliphatic heterocycles. The molecular weight excluding hydrogens is 484 g/mol. The standard InChI is InChI=1S/C35H42O4/c1-21-18-34(7,8)20-35(19-21,29-13-22(2)26(6)23(3)14-29)30-15-24(4)31(25(5)16-30)39-33(37)28-12-10-11-27(17-28)32(36)38-9/h10-17,21H,18-20H2,1-9H3. The lowest BCUT2D eigenvalue weighted by Gasteiger charge is -2.49. The molecule has 2 unspecified atom stereocenters. The van der Waals surface area contributed by atoms with Crippen LogP contribution in [0.1, 0.15) is 99.7 Å². The van der Waals surface area contributed by atoms with Gasteiger partial charge in [-0.25, -0.2) is 9.59 Å². The molecule has 3 aromatic rings. The highest BCUT2D eigenvalue weighted by atomic mass is 16.5. The molecule has 39 heavy (non-hydrogen) atoms. The van der Waals surface area contributed by atoms with Crippen molar-refractivity contribution < 1.29 is 19.1 Å². The number of ether oxygens (including phenoxy) is 2. The first kappa shape index (κ1) is 28.6. The smallest absolute Gasteiger partial charge is 0.343 e. The number of esters is 2.